The smallest absolute Gasteiger partial charge is 0.305 e. The van der Waals surface area contributed by atoms with Crippen molar-refractivity contribution in [3.63, 3.8) is 0 Å². The number of rotatable bonds is 5. The number of anilines is 3. The minimum atomic E-state index is -0.561. The molecule has 1 aliphatic heterocycles. The molecule has 2 aromatic rings. The van der Waals surface area contributed by atoms with Gasteiger partial charge in [-0.3, -0.25) is 14.9 Å². The summed E-state index contributed by atoms with van der Waals surface area (Å²) in [5, 5.41) is 13.5. The van der Waals surface area contributed by atoms with Gasteiger partial charge in [-0.1, -0.05) is 0 Å². The van der Waals surface area contributed by atoms with Crippen LogP contribution in [0.5, 0.6) is 5.75 Å². The minimum absolute atomic E-state index is 0.0766. The first kappa shape index (κ1) is 15.7. The summed E-state index contributed by atoms with van der Waals surface area (Å²) < 4.78 is 5.37. The predicted octanol–water partition coefficient (Wildman–Crippen LogP) is 2.26. The molecule has 0 aliphatic carbocycles. The van der Waals surface area contributed by atoms with E-state index >= 15 is 0 Å². The van der Waals surface area contributed by atoms with Crippen molar-refractivity contribution < 1.29 is 14.5 Å². The summed E-state index contributed by atoms with van der Waals surface area (Å²) in [5.41, 5.74) is 1.19. The number of nitro groups is 1. The number of ether oxygens (including phenoxy) is 1. The Morgan fingerprint density at radius 3 is 2.67 bits per heavy atom. The Morgan fingerprint density at radius 2 is 2.08 bits per heavy atom. The third-order valence-electron chi connectivity index (χ3n) is 3.65. The van der Waals surface area contributed by atoms with Gasteiger partial charge in [0.25, 0.3) is 0 Å². The average molecular weight is 329 g/mol. The molecule has 0 bridgehead atoms. The normalized spacial score (nSPS) is 13.9. The zero-order valence-corrected chi connectivity index (χ0v) is 12.9. The molecule has 1 fully saturated rings. The van der Waals surface area contributed by atoms with Gasteiger partial charge in [-0.2, -0.15) is 0 Å². The highest BCUT2D eigenvalue weighted by Gasteiger charge is 2.24. The largest absolute Gasteiger partial charge is 0.494 e. The highest BCUT2D eigenvalue weighted by molar-refractivity contribution is 5.97. The van der Waals surface area contributed by atoms with Gasteiger partial charge in [-0.15, -0.1) is 0 Å². The molecule has 1 saturated heterocycles. The number of hydrogen-bond acceptors (Lipinski definition) is 7. The molecule has 0 unspecified atom stereocenters. The van der Waals surface area contributed by atoms with Gasteiger partial charge in [0.15, 0.2) is 0 Å². The molecule has 24 heavy (non-hydrogen) atoms. The average Bonchev–Trinajstić information content (AvgIpc) is 3.01. The Bertz CT molecular complexity index is 778. The lowest BCUT2D eigenvalue weighted by atomic mass is 10.2. The van der Waals surface area contributed by atoms with E-state index in [0.29, 0.717) is 24.4 Å². The lowest BCUT2D eigenvalue weighted by Crippen LogP contribution is -2.24. The van der Waals surface area contributed by atoms with Crippen molar-refractivity contribution in [1.82, 2.24) is 9.97 Å². The molecule has 0 radical (unpaired) electrons. The third kappa shape index (κ3) is 3.09. The van der Waals surface area contributed by atoms with Crippen LogP contribution in [-0.2, 0) is 4.79 Å². The van der Waals surface area contributed by atoms with E-state index in [-0.39, 0.29) is 17.5 Å². The molecule has 0 atom stereocenters. The van der Waals surface area contributed by atoms with E-state index < -0.39 is 4.92 Å². The Balaban J connectivity index is 1.81. The van der Waals surface area contributed by atoms with Gasteiger partial charge in [-0.25, -0.2) is 9.97 Å². The lowest BCUT2D eigenvalue weighted by molar-refractivity contribution is -0.385. The molecular weight excluding hydrogens is 314 g/mol. The molecule has 124 valence electrons. The molecule has 1 aromatic heterocycles. The number of nitrogens with zero attached hydrogens (tertiary/aromatic N) is 4. The van der Waals surface area contributed by atoms with Gasteiger partial charge in [0.2, 0.25) is 11.9 Å². The number of carbonyl (C=O) groups is 1. The second-order valence-electron chi connectivity index (χ2n) is 5.18. The SMILES string of the molecule is COc1cc(Nc2ncc([N+](=O)[O-])cn2)ccc1N1CCCC1=O. The van der Waals surface area contributed by atoms with Crippen LogP contribution >= 0.6 is 0 Å². The summed E-state index contributed by atoms with van der Waals surface area (Å²) in [6, 6.07) is 5.29. The van der Waals surface area contributed by atoms with Crippen molar-refractivity contribution in [3.8, 4) is 5.75 Å². The van der Waals surface area contributed by atoms with Crippen molar-refractivity contribution in [1.29, 1.82) is 0 Å². The number of hydrogen-bond donors (Lipinski definition) is 1. The van der Waals surface area contributed by atoms with Gasteiger partial charge in [0.1, 0.15) is 18.1 Å². The lowest BCUT2D eigenvalue weighted by Gasteiger charge is -2.19. The maximum absolute atomic E-state index is 11.9. The maximum Gasteiger partial charge on any atom is 0.305 e. The van der Waals surface area contributed by atoms with Gasteiger partial charge in [0.05, 0.1) is 17.7 Å². The van der Waals surface area contributed by atoms with Gasteiger partial charge in [0, 0.05) is 24.7 Å². The molecule has 1 aromatic carbocycles. The van der Waals surface area contributed by atoms with Crippen LogP contribution in [0.15, 0.2) is 30.6 Å². The van der Waals surface area contributed by atoms with Crippen LogP contribution in [0.4, 0.5) is 23.0 Å². The van der Waals surface area contributed by atoms with E-state index in [2.05, 4.69) is 15.3 Å². The topological polar surface area (TPSA) is 110 Å². The Kier molecular flexibility index (Phi) is 4.23. The predicted molar refractivity (Wildman–Crippen MR) is 86.6 cm³/mol. The van der Waals surface area contributed by atoms with Crippen molar-refractivity contribution in [2.24, 2.45) is 0 Å². The highest BCUT2D eigenvalue weighted by atomic mass is 16.6. The monoisotopic (exact) mass is 329 g/mol. The summed E-state index contributed by atoms with van der Waals surface area (Å²) in [6.45, 7) is 0.674. The maximum atomic E-state index is 11.9. The van der Waals surface area contributed by atoms with E-state index in [1.54, 1.807) is 23.1 Å². The molecule has 0 saturated carbocycles. The van der Waals surface area contributed by atoms with Crippen LogP contribution in [0.3, 0.4) is 0 Å². The molecule has 9 nitrogen and oxygen atoms in total. The van der Waals surface area contributed by atoms with Crippen LogP contribution in [-0.4, -0.2) is 34.5 Å². The minimum Gasteiger partial charge on any atom is -0.494 e. The van der Waals surface area contributed by atoms with Crippen LogP contribution in [0.1, 0.15) is 12.8 Å². The van der Waals surface area contributed by atoms with Gasteiger partial charge < -0.3 is 15.0 Å². The van der Waals surface area contributed by atoms with Crippen LogP contribution in [0.2, 0.25) is 0 Å². The van der Waals surface area contributed by atoms with Crippen LogP contribution in [0.25, 0.3) is 0 Å². The molecule has 0 spiro atoms. The molecule has 9 heteroatoms. The fourth-order valence-corrected chi connectivity index (χ4v) is 2.49. The van der Waals surface area contributed by atoms with Crippen molar-refractivity contribution in [2.45, 2.75) is 12.8 Å². The summed E-state index contributed by atoms with van der Waals surface area (Å²) in [7, 11) is 1.53. The Labute approximate surface area is 137 Å². The van der Waals surface area contributed by atoms with E-state index in [0.717, 1.165) is 24.5 Å². The van der Waals surface area contributed by atoms with Gasteiger partial charge >= 0.3 is 5.69 Å². The van der Waals surface area contributed by atoms with E-state index in [9.17, 15) is 14.9 Å². The Hall–Kier alpha value is -3.23. The number of benzene rings is 1. The fraction of sp³-hybridized carbons (Fsp3) is 0.267. The first-order valence-corrected chi connectivity index (χ1v) is 7.30. The van der Waals surface area contributed by atoms with E-state index in [1.165, 1.54) is 7.11 Å². The first-order chi connectivity index (χ1) is 11.6. The van der Waals surface area contributed by atoms with Gasteiger partial charge in [-0.05, 0) is 18.6 Å². The number of aromatic nitrogens is 2. The quantitative estimate of drug-likeness (QED) is 0.661. The summed E-state index contributed by atoms with van der Waals surface area (Å²) in [5.74, 6) is 0.859. The number of carbonyl (C=O) groups excluding carboxylic acids is 1. The molecule has 2 heterocycles. The zero-order chi connectivity index (χ0) is 17.1. The summed E-state index contributed by atoms with van der Waals surface area (Å²) in [4.78, 5) is 31.4. The number of nitrogens with one attached hydrogen (secondary N) is 1. The fourth-order valence-electron chi connectivity index (χ4n) is 2.49. The van der Waals surface area contributed by atoms with Crippen molar-refractivity contribution in [3.05, 3.63) is 40.7 Å². The van der Waals surface area contributed by atoms with Crippen LogP contribution < -0.4 is 15.0 Å². The zero-order valence-electron chi connectivity index (χ0n) is 12.9. The van der Waals surface area contributed by atoms with Crippen LogP contribution in [0, 0.1) is 10.1 Å². The number of methoxy groups -OCH3 is 1. The second kappa shape index (κ2) is 6.49. The standard InChI is InChI=1S/C15H15N5O4/c1-24-13-7-10(4-5-12(13)19-6-2-3-14(19)21)18-15-16-8-11(9-17-15)20(22)23/h4-5,7-9H,2-3,6H2,1H3,(H,16,17,18). The molecule has 1 amide bonds. The third-order valence-corrected chi connectivity index (χ3v) is 3.65. The van der Waals surface area contributed by atoms with E-state index in [4.69, 9.17) is 4.74 Å². The summed E-state index contributed by atoms with van der Waals surface area (Å²) in [6.07, 6.45) is 3.63. The highest BCUT2D eigenvalue weighted by Crippen LogP contribution is 2.34. The van der Waals surface area contributed by atoms with E-state index in [1.807, 2.05) is 0 Å². The van der Waals surface area contributed by atoms with Crippen molar-refractivity contribution >= 4 is 28.9 Å². The second-order valence-corrected chi connectivity index (χ2v) is 5.18. The molecule has 1 N–H and O–H groups in total. The first-order valence-electron chi connectivity index (χ1n) is 7.30. The summed E-state index contributed by atoms with van der Waals surface area (Å²) >= 11 is 0. The molecular formula is C15H15N5O4. The number of amides is 1. The Morgan fingerprint density at radius 1 is 1.33 bits per heavy atom. The molecule has 3 rings (SSSR count). The molecule has 1 aliphatic rings. The van der Waals surface area contributed by atoms with Crippen molar-refractivity contribution in [2.75, 3.05) is 23.9 Å².